The Bertz CT molecular complexity index is 825. The molecule has 0 saturated carbocycles. The van der Waals surface area contributed by atoms with Crippen molar-refractivity contribution in [3.05, 3.63) is 65.2 Å². The summed E-state index contributed by atoms with van der Waals surface area (Å²) >= 11 is 0. The quantitative estimate of drug-likeness (QED) is 0.899. The lowest BCUT2D eigenvalue weighted by Gasteiger charge is -2.38. The van der Waals surface area contributed by atoms with Crippen molar-refractivity contribution in [3.8, 4) is 0 Å². The number of hydrogen-bond acceptors (Lipinski definition) is 4. The molecule has 0 aliphatic carbocycles. The van der Waals surface area contributed by atoms with Gasteiger partial charge in [0.15, 0.2) is 5.60 Å². The molecule has 26 heavy (non-hydrogen) atoms. The Hall–Kier alpha value is -2.80. The smallest absolute Gasteiger partial charge is 0.255 e. The molecular formula is C19H20FN3O3. The van der Waals surface area contributed by atoms with Crippen molar-refractivity contribution in [1.82, 2.24) is 9.88 Å². The molecule has 136 valence electrons. The molecule has 7 heteroatoms. The van der Waals surface area contributed by atoms with Gasteiger partial charge in [0.2, 0.25) is 0 Å². The monoisotopic (exact) mass is 357 g/mol. The molecule has 1 aromatic heterocycles. The van der Waals surface area contributed by atoms with Gasteiger partial charge in [0.1, 0.15) is 5.82 Å². The van der Waals surface area contributed by atoms with E-state index in [9.17, 15) is 14.0 Å². The van der Waals surface area contributed by atoms with Crippen LogP contribution in [0.1, 0.15) is 28.4 Å². The number of pyridine rings is 1. The highest BCUT2D eigenvalue weighted by molar-refractivity contribution is 5.95. The Morgan fingerprint density at radius 1 is 1.27 bits per heavy atom. The van der Waals surface area contributed by atoms with Crippen LogP contribution in [0.3, 0.4) is 0 Å². The highest BCUT2D eigenvalue weighted by Gasteiger charge is 2.39. The molecule has 2 heterocycles. The van der Waals surface area contributed by atoms with Gasteiger partial charge in [-0.1, -0.05) is 12.1 Å². The minimum atomic E-state index is -1.19. The second-order valence-electron chi connectivity index (χ2n) is 6.56. The molecule has 1 atom stereocenters. The Balaban J connectivity index is 1.75. The molecule has 2 aromatic rings. The van der Waals surface area contributed by atoms with Gasteiger partial charge < -0.3 is 15.4 Å². The van der Waals surface area contributed by atoms with E-state index in [1.54, 1.807) is 36.2 Å². The highest BCUT2D eigenvalue weighted by atomic mass is 19.1. The summed E-state index contributed by atoms with van der Waals surface area (Å²) in [5.74, 6) is -1.12. The number of morpholine rings is 1. The molecule has 0 bridgehead atoms. The molecule has 1 aliphatic rings. The lowest BCUT2D eigenvalue weighted by molar-refractivity contribution is -0.150. The first-order chi connectivity index (χ1) is 12.4. The SMILES string of the molecule is C[C@]1(C(N)=O)CN(C(=O)c2cncc(Cc3ccc(F)cc3)c2)CCO1. The number of ether oxygens (including phenoxy) is 1. The second kappa shape index (κ2) is 7.21. The summed E-state index contributed by atoms with van der Waals surface area (Å²) in [5.41, 5.74) is 6.39. The first kappa shape index (κ1) is 18.0. The van der Waals surface area contributed by atoms with Crippen molar-refractivity contribution in [2.75, 3.05) is 19.7 Å². The average molecular weight is 357 g/mol. The van der Waals surface area contributed by atoms with Crippen molar-refractivity contribution in [3.63, 3.8) is 0 Å². The van der Waals surface area contributed by atoms with Gasteiger partial charge in [0.25, 0.3) is 11.8 Å². The maximum Gasteiger partial charge on any atom is 0.255 e. The van der Waals surface area contributed by atoms with E-state index in [0.717, 1.165) is 11.1 Å². The summed E-state index contributed by atoms with van der Waals surface area (Å²) in [6, 6.07) is 7.95. The first-order valence-electron chi connectivity index (χ1n) is 8.29. The number of benzene rings is 1. The third-order valence-electron chi connectivity index (χ3n) is 4.45. The molecule has 0 spiro atoms. The number of nitrogens with zero attached hydrogens (tertiary/aromatic N) is 2. The maximum absolute atomic E-state index is 13.0. The van der Waals surface area contributed by atoms with Gasteiger partial charge in [-0.2, -0.15) is 0 Å². The number of amides is 2. The highest BCUT2D eigenvalue weighted by Crippen LogP contribution is 2.20. The largest absolute Gasteiger partial charge is 0.367 e. The lowest BCUT2D eigenvalue weighted by Crippen LogP contribution is -2.58. The fourth-order valence-electron chi connectivity index (χ4n) is 2.91. The Morgan fingerprint density at radius 2 is 2.00 bits per heavy atom. The van der Waals surface area contributed by atoms with Crippen LogP contribution in [0, 0.1) is 5.82 Å². The predicted molar refractivity (Wildman–Crippen MR) is 92.9 cm³/mol. The van der Waals surface area contributed by atoms with E-state index in [2.05, 4.69) is 4.98 Å². The van der Waals surface area contributed by atoms with Gasteiger partial charge in [-0.05, 0) is 42.7 Å². The molecular weight excluding hydrogens is 337 g/mol. The summed E-state index contributed by atoms with van der Waals surface area (Å²) in [6.07, 6.45) is 3.71. The zero-order chi connectivity index (χ0) is 18.7. The minimum absolute atomic E-state index is 0.101. The van der Waals surface area contributed by atoms with Crippen LogP contribution in [0.2, 0.25) is 0 Å². The number of aromatic nitrogens is 1. The number of rotatable bonds is 4. The number of hydrogen-bond donors (Lipinski definition) is 1. The summed E-state index contributed by atoms with van der Waals surface area (Å²) in [7, 11) is 0. The van der Waals surface area contributed by atoms with Crippen LogP contribution in [0.5, 0.6) is 0 Å². The standard InChI is InChI=1S/C19H20FN3O3/c1-19(18(21)25)12-23(6-7-26-19)17(24)15-9-14(10-22-11-15)8-13-2-4-16(20)5-3-13/h2-5,9-11H,6-8,12H2,1H3,(H2,21,25)/t19-/m1/s1. The number of nitrogens with two attached hydrogens (primary N) is 1. The molecule has 1 aromatic carbocycles. The van der Waals surface area contributed by atoms with E-state index < -0.39 is 11.5 Å². The fourth-order valence-corrected chi connectivity index (χ4v) is 2.91. The van der Waals surface area contributed by atoms with Crippen LogP contribution in [0.25, 0.3) is 0 Å². The summed E-state index contributed by atoms with van der Waals surface area (Å²) in [5, 5.41) is 0. The minimum Gasteiger partial charge on any atom is -0.367 e. The Labute approximate surface area is 150 Å². The number of halogens is 1. The molecule has 1 aliphatic heterocycles. The van der Waals surface area contributed by atoms with Crippen molar-refractivity contribution < 1.29 is 18.7 Å². The lowest BCUT2D eigenvalue weighted by atomic mass is 10.0. The zero-order valence-electron chi connectivity index (χ0n) is 14.4. The zero-order valence-corrected chi connectivity index (χ0v) is 14.4. The molecule has 6 nitrogen and oxygen atoms in total. The van der Waals surface area contributed by atoms with E-state index in [4.69, 9.17) is 10.5 Å². The van der Waals surface area contributed by atoms with Gasteiger partial charge in [-0.15, -0.1) is 0 Å². The average Bonchev–Trinajstić information content (AvgIpc) is 2.63. The third kappa shape index (κ3) is 3.88. The van der Waals surface area contributed by atoms with Crippen LogP contribution in [-0.2, 0) is 16.0 Å². The molecule has 0 unspecified atom stereocenters. The normalized spacial score (nSPS) is 20.0. The van der Waals surface area contributed by atoms with Crippen molar-refractivity contribution in [2.45, 2.75) is 18.9 Å². The van der Waals surface area contributed by atoms with Crippen molar-refractivity contribution in [2.24, 2.45) is 5.73 Å². The summed E-state index contributed by atoms with van der Waals surface area (Å²) in [4.78, 5) is 30.1. The number of carbonyl (C=O) groups is 2. The first-order valence-corrected chi connectivity index (χ1v) is 8.29. The topological polar surface area (TPSA) is 85.5 Å². The van der Waals surface area contributed by atoms with Gasteiger partial charge >= 0.3 is 0 Å². The van der Waals surface area contributed by atoms with Crippen LogP contribution >= 0.6 is 0 Å². The summed E-state index contributed by atoms with van der Waals surface area (Å²) in [6.45, 7) is 2.30. The van der Waals surface area contributed by atoms with Gasteiger partial charge in [0, 0.05) is 18.9 Å². The third-order valence-corrected chi connectivity index (χ3v) is 4.45. The van der Waals surface area contributed by atoms with Crippen LogP contribution in [0.15, 0.2) is 42.7 Å². The molecule has 2 amide bonds. The van der Waals surface area contributed by atoms with Crippen LogP contribution < -0.4 is 5.73 Å². The van der Waals surface area contributed by atoms with Crippen LogP contribution in [0.4, 0.5) is 4.39 Å². The van der Waals surface area contributed by atoms with Gasteiger partial charge in [-0.25, -0.2) is 4.39 Å². The Morgan fingerprint density at radius 3 is 2.69 bits per heavy atom. The van der Waals surface area contributed by atoms with E-state index in [1.165, 1.54) is 18.3 Å². The summed E-state index contributed by atoms with van der Waals surface area (Å²) < 4.78 is 18.5. The molecule has 0 radical (unpaired) electrons. The van der Waals surface area contributed by atoms with Crippen molar-refractivity contribution in [1.29, 1.82) is 0 Å². The number of primary amides is 1. The predicted octanol–water partition coefficient (Wildman–Crippen LogP) is 1.53. The Kier molecular flexibility index (Phi) is 4.99. The molecule has 1 fully saturated rings. The molecule has 1 saturated heterocycles. The van der Waals surface area contributed by atoms with E-state index in [1.807, 2.05) is 0 Å². The molecule has 2 N–H and O–H groups in total. The van der Waals surface area contributed by atoms with Crippen LogP contribution in [-0.4, -0.2) is 47.0 Å². The second-order valence-corrected chi connectivity index (χ2v) is 6.56. The van der Waals surface area contributed by atoms with E-state index in [0.29, 0.717) is 18.5 Å². The van der Waals surface area contributed by atoms with Gasteiger partial charge in [0.05, 0.1) is 18.7 Å². The maximum atomic E-state index is 13.0. The van der Waals surface area contributed by atoms with Gasteiger partial charge in [-0.3, -0.25) is 14.6 Å². The van der Waals surface area contributed by atoms with Crippen molar-refractivity contribution >= 4 is 11.8 Å². The van der Waals surface area contributed by atoms with E-state index >= 15 is 0 Å². The fraction of sp³-hybridized carbons (Fsp3) is 0.316. The number of carbonyl (C=O) groups excluding carboxylic acids is 2. The molecule has 3 rings (SSSR count). The van der Waals surface area contributed by atoms with E-state index in [-0.39, 0.29) is 24.9 Å².